The fraction of sp³-hybridized carbons (Fsp3) is 0.667. The highest BCUT2D eigenvalue weighted by atomic mass is 16.5. The number of benzene rings is 1. The van der Waals surface area contributed by atoms with Crippen molar-refractivity contribution in [2.45, 2.75) is 52.5 Å². The van der Waals surface area contributed by atoms with Gasteiger partial charge in [-0.15, -0.1) is 0 Å². The number of nitrogens with one attached hydrogen (secondary N) is 1. The number of hydrogen-bond acceptors (Lipinski definition) is 2. The molecule has 20 heavy (non-hydrogen) atoms. The Bertz CT molecular complexity index is 358. The third kappa shape index (κ3) is 5.64. The third-order valence-corrected chi connectivity index (χ3v) is 3.82. The van der Waals surface area contributed by atoms with Crippen LogP contribution in [0, 0.1) is 5.92 Å². The maximum Gasteiger partial charge on any atom is 0.0661 e. The van der Waals surface area contributed by atoms with E-state index in [9.17, 15) is 0 Å². The van der Waals surface area contributed by atoms with Crippen molar-refractivity contribution < 1.29 is 4.74 Å². The molecular formula is C18H31NO. The van der Waals surface area contributed by atoms with Crippen LogP contribution in [-0.4, -0.2) is 20.3 Å². The monoisotopic (exact) mass is 277 g/mol. The van der Waals surface area contributed by atoms with Gasteiger partial charge in [-0.1, -0.05) is 58.4 Å². The maximum atomic E-state index is 5.87. The normalized spacial score (nSPS) is 14.5. The van der Waals surface area contributed by atoms with Crippen LogP contribution in [-0.2, 0) is 4.74 Å². The smallest absolute Gasteiger partial charge is 0.0661 e. The van der Waals surface area contributed by atoms with E-state index in [1.54, 1.807) is 0 Å². The summed E-state index contributed by atoms with van der Waals surface area (Å²) in [5, 5.41) is 3.35. The van der Waals surface area contributed by atoms with Crippen molar-refractivity contribution in [3.63, 3.8) is 0 Å². The lowest BCUT2D eigenvalue weighted by Crippen LogP contribution is -2.23. The van der Waals surface area contributed by atoms with Gasteiger partial charge >= 0.3 is 0 Å². The first kappa shape index (κ1) is 17.2. The van der Waals surface area contributed by atoms with E-state index in [1.807, 2.05) is 7.05 Å². The molecule has 2 unspecified atom stereocenters. The molecule has 1 N–H and O–H groups in total. The molecular weight excluding hydrogens is 246 g/mol. The quantitative estimate of drug-likeness (QED) is 0.716. The summed E-state index contributed by atoms with van der Waals surface area (Å²) in [4.78, 5) is 0. The van der Waals surface area contributed by atoms with Crippen molar-refractivity contribution in [1.82, 2.24) is 5.32 Å². The summed E-state index contributed by atoms with van der Waals surface area (Å²) in [7, 11) is 2.00. The van der Waals surface area contributed by atoms with Gasteiger partial charge in [-0.05, 0) is 36.4 Å². The zero-order valence-corrected chi connectivity index (χ0v) is 13.8. The minimum Gasteiger partial charge on any atom is -0.379 e. The van der Waals surface area contributed by atoms with Crippen molar-refractivity contribution >= 4 is 0 Å². The van der Waals surface area contributed by atoms with E-state index < -0.39 is 0 Å². The number of likely N-dealkylation sites (N-methyl/N-ethyl adjacent to an activating group) is 1. The molecule has 0 radical (unpaired) electrons. The Morgan fingerprint density at radius 3 is 2.10 bits per heavy atom. The Kier molecular flexibility index (Phi) is 7.86. The SMILES string of the molecule is CCCC(C)COCC(NC)c1ccc(C(C)C)cc1. The van der Waals surface area contributed by atoms with Gasteiger partial charge in [0.2, 0.25) is 0 Å². The second kappa shape index (κ2) is 9.15. The van der Waals surface area contributed by atoms with Crippen LogP contribution < -0.4 is 5.32 Å². The van der Waals surface area contributed by atoms with Gasteiger partial charge < -0.3 is 10.1 Å². The summed E-state index contributed by atoms with van der Waals surface area (Å²) in [6.07, 6.45) is 2.48. The molecule has 0 aromatic heterocycles. The standard InChI is InChI=1S/C18H31NO/c1-6-7-15(4)12-20-13-18(19-5)17-10-8-16(9-11-17)14(2)3/h8-11,14-15,18-19H,6-7,12-13H2,1-5H3. The lowest BCUT2D eigenvalue weighted by Gasteiger charge is -2.19. The molecule has 2 heteroatoms. The highest BCUT2D eigenvalue weighted by Gasteiger charge is 2.11. The fourth-order valence-electron chi connectivity index (χ4n) is 2.42. The summed E-state index contributed by atoms with van der Waals surface area (Å²) >= 11 is 0. The second-order valence-corrected chi connectivity index (χ2v) is 6.09. The average Bonchev–Trinajstić information content (AvgIpc) is 2.44. The predicted octanol–water partition coefficient (Wildman–Crippen LogP) is 4.52. The molecule has 0 spiro atoms. The average molecular weight is 277 g/mol. The van der Waals surface area contributed by atoms with Crippen molar-refractivity contribution in [2.24, 2.45) is 5.92 Å². The van der Waals surface area contributed by atoms with Gasteiger partial charge in [0.25, 0.3) is 0 Å². The Hall–Kier alpha value is -0.860. The van der Waals surface area contributed by atoms with E-state index in [1.165, 1.54) is 24.0 Å². The molecule has 2 atom stereocenters. The highest BCUT2D eigenvalue weighted by molar-refractivity contribution is 5.26. The zero-order chi connectivity index (χ0) is 15.0. The van der Waals surface area contributed by atoms with Gasteiger partial charge in [-0.25, -0.2) is 0 Å². The molecule has 0 aliphatic rings. The largest absolute Gasteiger partial charge is 0.379 e. The van der Waals surface area contributed by atoms with E-state index >= 15 is 0 Å². The van der Waals surface area contributed by atoms with Gasteiger partial charge in [-0.2, -0.15) is 0 Å². The molecule has 1 rings (SSSR count). The van der Waals surface area contributed by atoms with Crippen molar-refractivity contribution in [2.75, 3.05) is 20.3 Å². The molecule has 1 aromatic carbocycles. The van der Waals surface area contributed by atoms with Gasteiger partial charge in [0.1, 0.15) is 0 Å². The molecule has 1 aromatic rings. The molecule has 0 saturated heterocycles. The number of hydrogen-bond donors (Lipinski definition) is 1. The first-order valence-electron chi connectivity index (χ1n) is 7.93. The van der Waals surface area contributed by atoms with Crippen LogP contribution in [0.15, 0.2) is 24.3 Å². The molecule has 0 heterocycles. The first-order valence-corrected chi connectivity index (χ1v) is 7.93. The molecule has 0 saturated carbocycles. The Balaban J connectivity index is 2.49. The molecule has 0 fully saturated rings. The Labute approximate surface area is 124 Å². The second-order valence-electron chi connectivity index (χ2n) is 6.09. The lowest BCUT2D eigenvalue weighted by molar-refractivity contribution is 0.0849. The van der Waals surface area contributed by atoms with E-state index in [4.69, 9.17) is 4.74 Å². The van der Waals surface area contributed by atoms with Gasteiger partial charge in [0.05, 0.1) is 12.6 Å². The highest BCUT2D eigenvalue weighted by Crippen LogP contribution is 2.19. The minimum absolute atomic E-state index is 0.282. The molecule has 0 amide bonds. The molecule has 0 aliphatic heterocycles. The number of ether oxygens (including phenoxy) is 1. The van der Waals surface area contributed by atoms with Crippen LogP contribution in [0.1, 0.15) is 63.6 Å². The van der Waals surface area contributed by atoms with E-state index in [0.717, 1.165) is 13.2 Å². The van der Waals surface area contributed by atoms with Crippen molar-refractivity contribution in [3.8, 4) is 0 Å². The number of rotatable bonds is 9. The topological polar surface area (TPSA) is 21.3 Å². The zero-order valence-electron chi connectivity index (χ0n) is 13.8. The van der Waals surface area contributed by atoms with E-state index in [0.29, 0.717) is 11.8 Å². The maximum absolute atomic E-state index is 5.87. The summed E-state index contributed by atoms with van der Waals surface area (Å²) in [5.74, 6) is 1.24. The van der Waals surface area contributed by atoms with Crippen LogP contribution in [0.25, 0.3) is 0 Å². The summed E-state index contributed by atoms with van der Waals surface area (Å²) in [6, 6.07) is 9.17. The molecule has 114 valence electrons. The van der Waals surface area contributed by atoms with Crippen molar-refractivity contribution in [1.29, 1.82) is 0 Å². The molecule has 0 bridgehead atoms. The van der Waals surface area contributed by atoms with Crippen LogP contribution in [0.4, 0.5) is 0 Å². The van der Waals surface area contributed by atoms with E-state index in [-0.39, 0.29) is 6.04 Å². The van der Waals surface area contributed by atoms with E-state index in [2.05, 4.69) is 57.3 Å². The van der Waals surface area contributed by atoms with Gasteiger partial charge in [0.15, 0.2) is 0 Å². The van der Waals surface area contributed by atoms with Crippen molar-refractivity contribution in [3.05, 3.63) is 35.4 Å². The van der Waals surface area contributed by atoms with Crippen LogP contribution in [0.3, 0.4) is 0 Å². The van der Waals surface area contributed by atoms with Crippen LogP contribution in [0.2, 0.25) is 0 Å². The third-order valence-electron chi connectivity index (χ3n) is 3.82. The van der Waals surface area contributed by atoms with Gasteiger partial charge in [-0.3, -0.25) is 0 Å². The molecule has 2 nitrogen and oxygen atoms in total. The lowest BCUT2D eigenvalue weighted by atomic mass is 9.99. The van der Waals surface area contributed by atoms with Gasteiger partial charge in [0, 0.05) is 6.61 Å². The Morgan fingerprint density at radius 2 is 1.60 bits per heavy atom. The molecule has 0 aliphatic carbocycles. The Morgan fingerprint density at radius 1 is 1.00 bits per heavy atom. The van der Waals surface area contributed by atoms with Crippen LogP contribution in [0.5, 0.6) is 0 Å². The summed E-state index contributed by atoms with van der Waals surface area (Å²) < 4.78 is 5.87. The minimum atomic E-state index is 0.282. The predicted molar refractivity (Wildman–Crippen MR) is 87.2 cm³/mol. The first-order chi connectivity index (χ1) is 9.58. The van der Waals surface area contributed by atoms with Crippen LogP contribution >= 0.6 is 0 Å². The summed E-state index contributed by atoms with van der Waals surface area (Å²) in [6.45, 7) is 10.5. The summed E-state index contributed by atoms with van der Waals surface area (Å²) in [5.41, 5.74) is 2.70. The fourth-order valence-corrected chi connectivity index (χ4v) is 2.42.